The summed E-state index contributed by atoms with van der Waals surface area (Å²) in [5.74, 6) is 7.32. The lowest BCUT2D eigenvalue weighted by molar-refractivity contribution is 0.532. The summed E-state index contributed by atoms with van der Waals surface area (Å²) in [7, 11) is 0. The smallest absolute Gasteiger partial charge is 0.150 e. The number of benzene rings is 1. The minimum Gasteiger partial charge on any atom is -0.382 e. The number of nitrogens with two attached hydrogens (primary N) is 2. The maximum absolute atomic E-state index is 6.10. The summed E-state index contributed by atoms with van der Waals surface area (Å²) in [5.41, 5.74) is 10.2. The Morgan fingerprint density at radius 1 is 1.11 bits per heavy atom. The van der Waals surface area contributed by atoms with E-state index in [0.717, 1.165) is 17.1 Å². The van der Waals surface area contributed by atoms with Crippen LogP contribution in [-0.4, -0.2) is 9.66 Å². The van der Waals surface area contributed by atoms with Crippen molar-refractivity contribution in [3.63, 3.8) is 0 Å². The Kier molecular flexibility index (Phi) is 3.04. The first-order valence-electron chi connectivity index (χ1n) is 6.43. The second-order valence-corrected chi connectivity index (χ2v) is 6.09. The molecule has 0 radical (unpaired) electrons. The Morgan fingerprint density at radius 2 is 1.74 bits per heavy atom. The van der Waals surface area contributed by atoms with E-state index in [1.807, 2.05) is 6.07 Å². The molecule has 0 aliphatic rings. The van der Waals surface area contributed by atoms with Crippen molar-refractivity contribution in [2.75, 3.05) is 11.6 Å². The monoisotopic (exact) mass is 258 g/mol. The van der Waals surface area contributed by atoms with Crippen molar-refractivity contribution in [3.05, 3.63) is 35.2 Å². The highest BCUT2D eigenvalue weighted by molar-refractivity contribution is 5.72. The topological polar surface area (TPSA) is 69.9 Å². The van der Waals surface area contributed by atoms with Gasteiger partial charge in [-0.1, -0.05) is 32.9 Å². The van der Waals surface area contributed by atoms with Crippen molar-refractivity contribution in [2.24, 2.45) is 0 Å². The quantitative estimate of drug-likeness (QED) is 0.773. The summed E-state index contributed by atoms with van der Waals surface area (Å²) in [4.78, 5) is 4.63. The molecule has 1 aromatic heterocycles. The van der Waals surface area contributed by atoms with E-state index in [1.54, 1.807) is 0 Å². The highest BCUT2D eigenvalue weighted by Gasteiger charge is 2.24. The molecule has 0 unspecified atom stereocenters. The zero-order valence-electron chi connectivity index (χ0n) is 12.3. The third-order valence-electron chi connectivity index (χ3n) is 3.40. The average molecular weight is 258 g/mol. The van der Waals surface area contributed by atoms with E-state index >= 15 is 0 Å². The van der Waals surface area contributed by atoms with Crippen molar-refractivity contribution >= 4 is 5.82 Å². The van der Waals surface area contributed by atoms with Gasteiger partial charge in [-0.25, -0.2) is 9.66 Å². The lowest BCUT2D eigenvalue weighted by Crippen LogP contribution is -2.24. The fraction of sp³-hybridized carbons (Fsp3) is 0.400. The van der Waals surface area contributed by atoms with Gasteiger partial charge in [-0.3, -0.25) is 0 Å². The van der Waals surface area contributed by atoms with Crippen molar-refractivity contribution < 1.29 is 0 Å². The number of nitrogen functional groups attached to an aromatic ring is 2. The van der Waals surface area contributed by atoms with Gasteiger partial charge in [0.2, 0.25) is 0 Å². The number of anilines is 1. The third kappa shape index (κ3) is 2.30. The Labute approximate surface area is 114 Å². The minimum atomic E-state index is -0.138. The molecule has 1 heterocycles. The molecule has 0 fully saturated rings. The van der Waals surface area contributed by atoms with Crippen LogP contribution >= 0.6 is 0 Å². The number of rotatable bonds is 1. The molecule has 0 saturated heterocycles. The molecule has 0 bridgehead atoms. The minimum absolute atomic E-state index is 0.138. The molecule has 0 amide bonds. The van der Waals surface area contributed by atoms with Crippen LogP contribution < -0.4 is 11.6 Å². The lowest BCUT2D eigenvalue weighted by Gasteiger charge is -2.17. The molecule has 2 rings (SSSR count). The van der Waals surface area contributed by atoms with Crippen LogP contribution in [-0.2, 0) is 5.41 Å². The Morgan fingerprint density at radius 3 is 2.21 bits per heavy atom. The maximum atomic E-state index is 6.10. The molecule has 102 valence electrons. The summed E-state index contributed by atoms with van der Waals surface area (Å²) >= 11 is 0. The average Bonchev–Trinajstić information content (AvgIpc) is 2.60. The number of aromatic nitrogens is 2. The molecule has 0 aliphatic heterocycles. The number of nitrogens with zero attached hydrogens (tertiary/aromatic N) is 2. The molecular formula is C15H22N4. The third-order valence-corrected chi connectivity index (χ3v) is 3.40. The van der Waals surface area contributed by atoms with Gasteiger partial charge >= 0.3 is 0 Å². The molecule has 0 spiro atoms. The molecule has 2 aromatic rings. The molecule has 0 atom stereocenters. The fourth-order valence-corrected chi connectivity index (χ4v) is 2.08. The number of aryl methyl sites for hydroxylation is 2. The molecule has 0 saturated carbocycles. The second-order valence-electron chi connectivity index (χ2n) is 6.09. The summed E-state index contributed by atoms with van der Waals surface area (Å²) in [6, 6.07) is 6.21. The van der Waals surface area contributed by atoms with E-state index in [-0.39, 0.29) is 5.41 Å². The zero-order valence-corrected chi connectivity index (χ0v) is 12.3. The molecule has 19 heavy (non-hydrogen) atoms. The van der Waals surface area contributed by atoms with E-state index in [1.165, 1.54) is 15.8 Å². The SMILES string of the molecule is Cc1ccc(-c2nc(C(C)(C)C)n(N)c2N)cc1C. The molecular weight excluding hydrogens is 236 g/mol. The van der Waals surface area contributed by atoms with Crippen molar-refractivity contribution in [1.29, 1.82) is 0 Å². The van der Waals surface area contributed by atoms with Gasteiger partial charge < -0.3 is 11.6 Å². The van der Waals surface area contributed by atoms with Gasteiger partial charge in [-0.05, 0) is 31.0 Å². The first-order valence-corrected chi connectivity index (χ1v) is 6.43. The summed E-state index contributed by atoms with van der Waals surface area (Å²) in [6.45, 7) is 10.4. The van der Waals surface area contributed by atoms with E-state index in [2.05, 4.69) is 51.7 Å². The standard InChI is InChI=1S/C15H22N4/c1-9-6-7-11(8-10(9)2)12-13(16)19(17)14(18-12)15(3,4)5/h6-8H,16-17H2,1-5H3. The van der Waals surface area contributed by atoms with Crippen LogP contribution in [0.25, 0.3) is 11.3 Å². The van der Waals surface area contributed by atoms with Crippen LogP contribution in [0.3, 0.4) is 0 Å². The van der Waals surface area contributed by atoms with Crippen molar-refractivity contribution in [3.8, 4) is 11.3 Å². The van der Waals surface area contributed by atoms with Gasteiger partial charge in [0, 0.05) is 11.0 Å². The lowest BCUT2D eigenvalue weighted by atomic mass is 9.96. The second kappa shape index (κ2) is 4.30. The summed E-state index contributed by atoms with van der Waals surface area (Å²) < 4.78 is 1.49. The van der Waals surface area contributed by atoms with Crippen LogP contribution in [0.2, 0.25) is 0 Å². The number of hydrogen-bond acceptors (Lipinski definition) is 3. The van der Waals surface area contributed by atoms with Gasteiger partial charge in [0.1, 0.15) is 11.5 Å². The van der Waals surface area contributed by atoms with Gasteiger partial charge in [-0.2, -0.15) is 0 Å². The van der Waals surface area contributed by atoms with E-state index < -0.39 is 0 Å². The van der Waals surface area contributed by atoms with Crippen LogP contribution in [0.5, 0.6) is 0 Å². The Bertz CT molecular complexity index is 618. The first-order chi connectivity index (χ1) is 8.71. The largest absolute Gasteiger partial charge is 0.382 e. The summed E-state index contributed by atoms with van der Waals surface area (Å²) in [5, 5.41) is 0. The predicted octanol–water partition coefficient (Wildman–Crippen LogP) is 2.76. The number of hydrogen-bond donors (Lipinski definition) is 2. The van der Waals surface area contributed by atoms with Gasteiger partial charge in [0.15, 0.2) is 5.82 Å². The maximum Gasteiger partial charge on any atom is 0.150 e. The molecule has 4 nitrogen and oxygen atoms in total. The fourth-order valence-electron chi connectivity index (χ4n) is 2.08. The van der Waals surface area contributed by atoms with Crippen LogP contribution in [0, 0.1) is 13.8 Å². The van der Waals surface area contributed by atoms with Crippen LogP contribution in [0.1, 0.15) is 37.7 Å². The first kappa shape index (κ1) is 13.5. The van der Waals surface area contributed by atoms with Crippen molar-refractivity contribution in [2.45, 2.75) is 40.0 Å². The number of imidazole rings is 1. The molecule has 4 heteroatoms. The normalized spacial score (nSPS) is 11.8. The van der Waals surface area contributed by atoms with Crippen molar-refractivity contribution in [1.82, 2.24) is 9.66 Å². The highest BCUT2D eigenvalue weighted by atomic mass is 15.4. The zero-order chi connectivity index (χ0) is 14.4. The predicted molar refractivity (Wildman–Crippen MR) is 80.4 cm³/mol. The van der Waals surface area contributed by atoms with Gasteiger partial charge in [0.25, 0.3) is 0 Å². The van der Waals surface area contributed by atoms with E-state index in [9.17, 15) is 0 Å². The molecule has 4 N–H and O–H groups in total. The summed E-state index contributed by atoms with van der Waals surface area (Å²) in [6.07, 6.45) is 0. The Balaban J connectivity index is 2.60. The van der Waals surface area contributed by atoms with Gasteiger partial charge in [0.05, 0.1) is 0 Å². The molecule has 1 aromatic carbocycles. The van der Waals surface area contributed by atoms with E-state index in [4.69, 9.17) is 11.6 Å². The highest BCUT2D eigenvalue weighted by Crippen LogP contribution is 2.30. The van der Waals surface area contributed by atoms with Crippen LogP contribution in [0.15, 0.2) is 18.2 Å². The van der Waals surface area contributed by atoms with Crippen LogP contribution in [0.4, 0.5) is 5.82 Å². The van der Waals surface area contributed by atoms with E-state index in [0.29, 0.717) is 5.82 Å². The van der Waals surface area contributed by atoms with Gasteiger partial charge in [-0.15, -0.1) is 0 Å². The Hall–Kier alpha value is -1.97. The molecule has 0 aliphatic carbocycles.